The van der Waals surface area contributed by atoms with E-state index in [0.29, 0.717) is 25.3 Å². The molecule has 21 heavy (non-hydrogen) atoms. The Balaban J connectivity index is 1.75. The van der Waals surface area contributed by atoms with Crippen molar-refractivity contribution in [3.63, 3.8) is 0 Å². The van der Waals surface area contributed by atoms with Crippen molar-refractivity contribution in [1.29, 1.82) is 0 Å². The van der Waals surface area contributed by atoms with E-state index in [2.05, 4.69) is 5.32 Å². The van der Waals surface area contributed by atoms with Crippen molar-refractivity contribution in [2.45, 2.75) is 6.92 Å². The average Bonchev–Trinajstić information content (AvgIpc) is 2.53. The summed E-state index contributed by atoms with van der Waals surface area (Å²) < 4.78 is 10.5. The Labute approximate surface area is 124 Å². The van der Waals surface area contributed by atoms with Crippen LogP contribution in [0, 0.1) is 0 Å². The van der Waals surface area contributed by atoms with Crippen LogP contribution in [0.3, 0.4) is 0 Å². The molecule has 0 radical (unpaired) electrons. The van der Waals surface area contributed by atoms with Gasteiger partial charge in [-0.15, -0.1) is 0 Å². The molecular weight excluding hydrogens is 266 g/mol. The lowest BCUT2D eigenvalue weighted by Gasteiger charge is -2.09. The summed E-state index contributed by atoms with van der Waals surface area (Å²) in [5.41, 5.74) is 1.50. The minimum absolute atomic E-state index is 0.295. The Morgan fingerprint density at radius 1 is 1.05 bits per heavy atom. The lowest BCUT2D eigenvalue weighted by atomic mass is 10.2. The lowest BCUT2D eigenvalue weighted by Crippen LogP contribution is -2.11. The van der Waals surface area contributed by atoms with E-state index in [1.807, 2.05) is 42.5 Å². The van der Waals surface area contributed by atoms with Crippen molar-refractivity contribution in [3.8, 4) is 5.75 Å². The highest BCUT2D eigenvalue weighted by atomic mass is 16.5. The number of anilines is 1. The van der Waals surface area contributed by atoms with Gasteiger partial charge in [-0.05, 0) is 43.3 Å². The first-order valence-electron chi connectivity index (χ1n) is 6.98. The predicted molar refractivity (Wildman–Crippen MR) is 82.8 cm³/mol. The Hall–Kier alpha value is -2.49. The molecule has 0 bridgehead atoms. The zero-order valence-electron chi connectivity index (χ0n) is 12.0. The molecule has 0 aromatic heterocycles. The Kier molecular flexibility index (Phi) is 5.64. The summed E-state index contributed by atoms with van der Waals surface area (Å²) in [6, 6.07) is 16.9. The molecule has 0 saturated carbocycles. The molecule has 1 N–H and O–H groups in total. The van der Waals surface area contributed by atoms with Crippen LogP contribution in [0.4, 0.5) is 5.69 Å². The number of benzene rings is 2. The van der Waals surface area contributed by atoms with E-state index in [1.54, 1.807) is 19.1 Å². The van der Waals surface area contributed by atoms with E-state index in [4.69, 9.17) is 9.47 Å². The number of esters is 1. The van der Waals surface area contributed by atoms with Crippen LogP contribution in [0.2, 0.25) is 0 Å². The van der Waals surface area contributed by atoms with E-state index in [9.17, 15) is 4.79 Å². The van der Waals surface area contributed by atoms with Crippen molar-refractivity contribution in [3.05, 3.63) is 60.2 Å². The summed E-state index contributed by atoms with van der Waals surface area (Å²) in [5, 5.41) is 3.24. The third-order valence-corrected chi connectivity index (χ3v) is 2.84. The Bertz CT molecular complexity index is 552. The van der Waals surface area contributed by atoms with E-state index < -0.39 is 0 Å². The fourth-order valence-electron chi connectivity index (χ4n) is 1.82. The molecule has 0 saturated heterocycles. The number of rotatable bonds is 7. The molecule has 2 aromatic rings. The summed E-state index contributed by atoms with van der Waals surface area (Å²) in [5.74, 6) is 0.563. The molecule has 0 aliphatic carbocycles. The number of carbonyl (C=O) groups excluding carboxylic acids is 1. The highest BCUT2D eigenvalue weighted by molar-refractivity contribution is 5.89. The van der Waals surface area contributed by atoms with Crippen LogP contribution in [0.15, 0.2) is 54.6 Å². The SMILES string of the molecule is CCOC(=O)c1ccc(NCCOc2ccccc2)cc1. The largest absolute Gasteiger partial charge is 0.492 e. The number of carbonyl (C=O) groups is 1. The van der Waals surface area contributed by atoms with Gasteiger partial charge in [0.05, 0.1) is 12.2 Å². The first-order chi connectivity index (χ1) is 10.3. The topological polar surface area (TPSA) is 47.6 Å². The minimum atomic E-state index is -0.295. The van der Waals surface area contributed by atoms with Gasteiger partial charge in [0.2, 0.25) is 0 Å². The fourth-order valence-corrected chi connectivity index (χ4v) is 1.82. The molecule has 0 aliphatic heterocycles. The zero-order valence-corrected chi connectivity index (χ0v) is 12.0. The highest BCUT2D eigenvalue weighted by Crippen LogP contribution is 2.11. The smallest absolute Gasteiger partial charge is 0.338 e. The van der Waals surface area contributed by atoms with E-state index in [1.165, 1.54) is 0 Å². The van der Waals surface area contributed by atoms with Gasteiger partial charge in [-0.2, -0.15) is 0 Å². The third-order valence-electron chi connectivity index (χ3n) is 2.84. The Morgan fingerprint density at radius 2 is 1.76 bits per heavy atom. The van der Waals surface area contributed by atoms with Gasteiger partial charge in [-0.1, -0.05) is 18.2 Å². The maximum atomic E-state index is 11.5. The maximum Gasteiger partial charge on any atom is 0.338 e. The molecule has 0 spiro atoms. The highest BCUT2D eigenvalue weighted by Gasteiger charge is 2.05. The number of para-hydroxylation sites is 1. The van der Waals surface area contributed by atoms with Gasteiger partial charge < -0.3 is 14.8 Å². The monoisotopic (exact) mass is 285 g/mol. The van der Waals surface area contributed by atoms with Gasteiger partial charge in [0.1, 0.15) is 12.4 Å². The summed E-state index contributed by atoms with van der Waals surface area (Å²) in [7, 11) is 0. The molecule has 0 atom stereocenters. The third kappa shape index (κ3) is 4.84. The van der Waals surface area contributed by atoms with Crippen LogP contribution in [0.25, 0.3) is 0 Å². The molecule has 110 valence electrons. The zero-order chi connectivity index (χ0) is 14.9. The second-order valence-electron chi connectivity index (χ2n) is 4.39. The van der Waals surface area contributed by atoms with Gasteiger partial charge in [0.25, 0.3) is 0 Å². The molecule has 0 amide bonds. The maximum absolute atomic E-state index is 11.5. The molecule has 0 fully saturated rings. The van der Waals surface area contributed by atoms with Crippen molar-refractivity contribution in [1.82, 2.24) is 0 Å². The molecule has 0 aliphatic rings. The van der Waals surface area contributed by atoms with Crippen LogP contribution >= 0.6 is 0 Å². The molecule has 4 nitrogen and oxygen atoms in total. The molecule has 2 rings (SSSR count). The van der Waals surface area contributed by atoms with Crippen molar-refractivity contribution in [2.24, 2.45) is 0 Å². The predicted octanol–water partition coefficient (Wildman–Crippen LogP) is 3.35. The fraction of sp³-hybridized carbons (Fsp3) is 0.235. The second-order valence-corrected chi connectivity index (χ2v) is 4.39. The number of nitrogens with one attached hydrogen (secondary N) is 1. The van der Waals surface area contributed by atoms with Crippen molar-refractivity contribution < 1.29 is 14.3 Å². The summed E-state index contributed by atoms with van der Waals surface area (Å²) in [6.45, 7) is 3.44. The minimum Gasteiger partial charge on any atom is -0.492 e. The Morgan fingerprint density at radius 3 is 2.43 bits per heavy atom. The first kappa shape index (κ1) is 14.9. The molecule has 4 heteroatoms. The molecular formula is C17H19NO3. The quantitative estimate of drug-likeness (QED) is 0.626. The molecule has 2 aromatic carbocycles. The average molecular weight is 285 g/mol. The normalized spacial score (nSPS) is 9.95. The molecule has 0 unspecified atom stereocenters. The van der Waals surface area contributed by atoms with Gasteiger partial charge >= 0.3 is 5.97 Å². The first-order valence-corrected chi connectivity index (χ1v) is 6.98. The second kappa shape index (κ2) is 7.94. The van der Waals surface area contributed by atoms with Crippen molar-refractivity contribution in [2.75, 3.05) is 25.1 Å². The van der Waals surface area contributed by atoms with E-state index >= 15 is 0 Å². The summed E-state index contributed by atoms with van der Waals surface area (Å²) in [6.07, 6.45) is 0. The van der Waals surface area contributed by atoms with Crippen LogP contribution in [-0.2, 0) is 4.74 Å². The van der Waals surface area contributed by atoms with Crippen LogP contribution in [-0.4, -0.2) is 25.7 Å². The number of hydrogen-bond donors (Lipinski definition) is 1. The van der Waals surface area contributed by atoms with Crippen molar-refractivity contribution >= 4 is 11.7 Å². The van der Waals surface area contributed by atoms with Gasteiger partial charge in [-0.25, -0.2) is 4.79 Å². The van der Waals surface area contributed by atoms with E-state index in [-0.39, 0.29) is 5.97 Å². The standard InChI is InChI=1S/C17H19NO3/c1-2-20-17(19)14-8-10-15(11-9-14)18-12-13-21-16-6-4-3-5-7-16/h3-11,18H,2,12-13H2,1H3. The van der Waals surface area contributed by atoms with Gasteiger partial charge in [0, 0.05) is 12.2 Å². The number of ether oxygens (including phenoxy) is 2. The molecule has 0 heterocycles. The van der Waals surface area contributed by atoms with E-state index in [0.717, 1.165) is 11.4 Å². The van der Waals surface area contributed by atoms with Crippen LogP contribution < -0.4 is 10.1 Å². The lowest BCUT2D eigenvalue weighted by molar-refractivity contribution is 0.0526. The van der Waals surface area contributed by atoms with Gasteiger partial charge in [-0.3, -0.25) is 0 Å². The van der Waals surface area contributed by atoms with Crippen LogP contribution in [0.1, 0.15) is 17.3 Å². The van der Waals surface area contributed by atoms with Crippen LogP contribution in [0.5, 0.6) is 5.75 Å². The summed E-state index contributed by atoms with van der Waals surface area (Å²) >= 11 is 0. The van der Waals surface area contributed by atoms with Gasteiger partial charge in [0.15, 0.2) is 0 Å². The summed E-state index contributed by atoms with van der Waals surface area (Å²) in [4.78, 5) is 11.5. The number of hydrogen-bond acceptors (Lipinski definition) is 4.